The van der Waals surface area contributed by atoms with Gasteiger partial charge < -0.3 is 15.3 Å². The highest BCUT2D eigenvalue weighted by Crippen LogP contribution is 2.73. The Hall–Kier alpha value is -0.870. The van der Waals surface area contributed by atoms with Gasteiger partial charge in [-0.15, -0.1) is 0 Å². The lowest BCUT2D eigenvalue weighted by molar-refractivity contribution is -0.173. The molecule has 4 aliphatic rings. The van der Waals surface area contributed by atoms with Gasteiger partial charge in [-0.25, -0.2) is 0 Å². The van der Waals surface area contributed by atoms with E-state index in [4.69, 9.17) is 0 Å². The molecule has 0 heterocycles. The van der Waals surface area contributed by atoms with Crippen molar-refractivity contribution >= 4 is 5.97 Å². The van der Waals surface area contributed by atoms with E-state index in [0.29, 0.717) is 24.2 Å². The molecule has 194 valence electrons. The third kappa shape index (κ3) is 3.56. The molecule has 0 amide bonds. The number of carboxylic acid groups (broad SMARTS) is 1. The van der Waals surface area contributed by atoms with E-state index >= 15 is 0 Å². The van der Waals surface area contributed by atoms with Crippen LogP contribution in [0.5, 0.6) is 0 Å². The van der Waals surface area contributed by atoms with Gasteiger partial charge in [0.25, 0.3) is 0 Å². The third-order valence-electron chi connectivity index (χ3n) is 12.2. The Labute approximate surface area is 207 Å². The van der Waals surface area contributed by atoms with E-state index in [1.54, 1.807) is 0 Å². The minimum atomic E-state index is -0.698. The Morgan fingerprint density at radius 2 is 1.74 bits per heavy atom. The Bertz CT molecular complexity index is 834. The number of carbonyl (C=O) groups is 1. The lowest BCUT2D eigenvalue weighted by atomic mass is 9.36. The summed E-state index contributed by atoms with van der Waals surface area (Å²) in [5.41, 5.74) is 0.896. The van der Waals surface area contributed by atoms with Crippen LogP contribution >= 0.6 is 0 Å². The summed E-state index contributed by atoms with van der Waals surface area (Å²) in [6.07, 6.45) is 9.64. The standard InChI is InChI=1S/C30H50O4/c1-18(2)25(32)22(31)17-27(5)12-8-13-29(7)23(27)10-9-21-24-20(4)19(3)11-14-30(24,26(33)34)16-15-28(21,29)6/h9,18-20,22-25,31-32H,8,10-17H2,1-7H3,(H,33,34). The first kappa shape index (κ1) is 26.2. The van der Waals surface area contributed by atoms with E-state index in [1.807, 2.05) is 13.8 Å². The summed E-state index contributed by atoms with van der Waals surface area (Å²) in [6.45, 7) is 15.9. The highest BCUT2D eigenvalue weighted by atomic mass is 16.4. The van der Waals surface area contributed by atoms with Crippen LogP contribution in [0, 0.1) is 51.2 Å². The fourth-order valence-electron chi connectivity index (χ4n) is 9.59. The summed E-state index contributed by atoms with van der Waals surface area (Å²) < 4.78 is 0. The van der Waals surface area contributed by atoms with Crippen molar-refractivity contribution in [3.63, 3.8) is 0 Å². The molecule has 10 unspecified atom stereocenters. The molecular formula is C30H50O4. The average Bonchev–Trinajstić information content (AvgIpc) is 2.75. The maximum Gasteiger partial charge on any atom is 0.310 e. The molecule has 0 bridgehead atoms. The van der Waals surface area contributed by atoms with Gasteiger partial charge in [0, 0.05) is 0 Å². The van der Waals surface area contributed by atoms with Crippen LogP contribution in [0.15, 0.2) is 11.6 Å². The molecule has 3 N–H and O–H groups in total. The van der Waals surface area contributed by atoms with Crippen LogP contribution in [-0.2, 0) is 4.79 Å². The average molecular weight is 475 g/mol. The first-order chi connectivity index (χ1) is 15.7. The number of hydrogen-bond acceptors (Lipinski definition) is 3. The van der Waals surface area contributed by atoms with Crippen LogP contribution < -0.4 is 0 Å². The molecule has 10 atom stereocenters. The number of carboxylic acids is 1. The fourth-order valence-corrected chi connectivity index (χ4v) is 9.59. The Kier molecular flexibility index (Phi) is 6.64. The second kappa shape index (κ2) is 8.61. The number of hydrogen-bond donors (Lipinski definition) is 3. The molecule has 4 aliphatic carbocycles. The normalized spacial score (nSPS) is 48.2. The maximum absolute atomic E-state index is 12.8. The van der Waals surface area contributed by atoms with E-state index < -0.39 is 23.6 Å². The molecule has 4 nitrogen and oxygen atoms in total. The third-order valence-corrected chi connectivity index (χ3v) is 12.2. The number of allylic oxidation sites excluding steroid dienone is 2. The number of aliphatic hydroxyl groups excluding tert-OH is 2. The molecule has 0 spiro atoms. The summed E-state index contributed by atoms with van der Waals surface area (Å²) in [6, 6.07) is 0. The van der Waals surface area contributed by atoms with Crippen molar-refractivity contribution in [2.45, 2.75) is 118 Å². The van der Waals surface area contributed by atoms with E-state index in [1.165, 1.54) is 12.0 Å². The minimum absolute atomic E-state index is 0.00580. The van der Waals surface area contributed by atoms with E-state index in [0.717, 1.165) is 44.9 Å². The smallest absolute Gasteiger partial charge is 0.310 e. The maximum atomic E-state index is 12.8. The van der Waals surface area contributed by atoms with Crippen molar-refractivity contribution in [3.8, 4) is 0 Å². The summed E-state index contributed by atoms with van der Waals surface area (Å²) in [4.78, 5) is 12.8. The second-order valence-corrected chi connectivity index (χ2v) is 14.0. The van der Waals surface area contributed by atoms with Crippen molar-refractivity contribution in [1.82, 2.24) is 0 Å². The first-order valence-electron chi connectivity index (χ1n) is 14.0. The second-order valence-electron chi connectivity index (χ2n) is 14.0. The first-order valence-corrected chi connectivity index (χ1v) is 14.0. The van der Waals surface area contributed by atoms with Gasteiger partial charge in [0.15, 0.2) is 0 Å². The number of aliphatic hydroxyl groups is 2. The van der Waals surface area contributed by atoms with Crippen LogP contribution in [0.4, 0.5) is 0 Å². The summed E-state index contributed by atoms with van der Waals surface area (Å²) in [5, 5.41) is 32.0. The van der Waals surface area contributed by atoms with Gasteiger partial charge in [-0.2, -0.15) is 0 Å². The van der Waals surface area contributed by atoms with E-state index in [-0.39, 0.29) is 28.1 Å². The Morgan fingerprint density at radius 1 is 1.06 bits per heavy atom. The highest BCUT2D eigenvalue weighted by Gasteiger charge is 2.66. The van der Waals surface area contributed by atoms with Crippen LogP contribution in [0.1, 0.15) is 106 Å². The number of rotatable bonds is 5. The largest absolute Gasteiger partial charge is 0.481 e. The predicted molar refractivity (Wildman–Crippen MR) is 136 cm³/mol. The van der Waals surface area contributed by atoms with E-state index in [2.05, 4.69) is 40.7 Å². The van der Waals surface area contributed by atoms with Gasteiger partial charge in [-0.1, -0.05) is 66.5 Å². The monoisotopic (exact) mass is 474 g/mol. The lowest BCUT2D eigenvalue weighted by Gasteiger charge is -2.68. The minimum Gasteiger partial charge on any atom is -0.481 e. The summed E-state index contributed by atoms with van der Waals surface area (Å²) >= 11 is 0. The van der Waals surface area contributed by atoms with Crippen molar-refractivity contribution in [1.29, 1.82) is 0 Å². The van der Waals surface area contributed by atoms with E-state index in [9.17, 15) is 20.1 Å². The van der Waals surface area contributed by atoms with Crippen molar-refractivity contribution in [2.24, 2.45) is 51.2 Å². The van der Waals surface area contributed by atoms with Gasteiger partial charge >= 0.3 is 5.97 Å². The fraction of sp³-hybridized carbons (Fsp3) is 0.900. The number of aliphatic carboxylic acids is 1. The molecule has 0 aromatic carbocycles. The zero-order valence-electron chi connectivity index (χ0n) is 22.7. The molecule has 0 saturated heterocycles. The SMILES string of the molecule is CC(C)C(O)C(O)CC1(C)CCCC2(C)C1CC=C1C3C(C)C(C)CCC3(C(=O)O)CCC12C. The highest BCUT2D eigenvalue weighted by molar-refractivity contribution is 5.76. The number of fused-ring (bicyclic) bond motifs is 5. The van der Waals surface area contributed by atoms with Gasteiger partial charge in [-0.3, -0.25) is 4.79 Å². The van der Waals surface area contributed by atoms with Crippen molar-refractivity contribution in [3.05, 3.63) is 11.6 Å². The summed E-state index contributed by atoms with van der Waals surface area (Å²) in [5.74, 6) is 0.966. The van der Waals surface area contributed by atoms with Gasteiger partial charge in [-0.05, 0) is 97.2 Å². The molecule has 3 fully saturated rings. The topological polar surface area (TPSA) is 77.8 Å². The van der Waals surface area contributed by atoms with Gasteiger partial charge in [0.05, 0.1) is 17.6 Å². The summed E-state index contributed by atoms with van der Waals surface area (Å²) in [7, 11) is 0. The molecule has 4 rings (SSSR count). The molecule has 0 aliphatic heterocycles. The zero-order valence-corrected chi connectivity index (χ0v) is 22.7. The van der Waals surface area contributed by atoms with Gasteiger partial charge in [0.1, 0.15) is 0 Å². The predicted octanol–water partition coefficient (Wildman–Crippen LogP) is 6.45. The lowest BCUT2D eigenvalue weighted by Crippen LogP contribution is -2.62. The molecular weight excluding hydrogens is 424 g/mol. The Morgan fingerprint density at radius 3 is 2.35 bits per heavy atom. The molecule has 4 heteroatoms. The Balaban J connectivity index is 1.75. The van der Waals surface area contributed by atoms with Crippen LogP contribution in [0.25, 0.3) is 0 Å². The molecule has 3 saturated carbocycles. The molecule has 0 radical (unpaired) electrons. The quantitative estimate of drug-likeness (QED) is 0.400. The molecule has 0 aromatic rings. The van der Waals surface area contributed by atoms with Gasteiger partial charge in [0.2, 0.25) is 0 Å². The van der Waals surface area contributed by atoms with Crippen LogP contribution in [-0.4, -0.2) is 33.5 Å². The van der Waals surface area contributed by atoms with Crippen LogP contribution in [0.2, 0.25) is 0 Å². The molecule has 34 heavy (non-hydrogen) atoms. The van der Waals surface area contributed by atoms with Crippen molar-refractivity contribution in [2.75, 3.05) is 0 Å². The molecule has 0 aromatic heterocycles. The van der Waals surface area contributed by atoms with Crippen LogP contribution in [0.3, 0.4) is 0 Å². The zero-order chi connectivity index (χ0) is 25.3. The van der Waals surface area contributed by atoms with Crippen molar-refractivity contribution < 1.29 is 20.1 Å².